The monoisotopic (exact) mass is 278 g/mol. The molecule has 0 aliphatic heterocycles. The largest absolute Gasteiger partial charge is 0.445 e. The van der Waals surface area contributed by atoms with E-state index in [1.54, 1.807) is 11.8 Å². The van der Waals surface area contributed by atoms with E-state index in [4.69, 9.17) is 4.74 Å². The van der Waals surface area contributed by atoms with Gasteiger partial charge < -0.3 is 15.0 Å². The number of rotatable bonds is 6. The minimum Gasteiger partial charge on any atom is -0.445 e. The number of ether oxygens (including phenoxy) is 1. The molecule has 0 saturated heterocycles. The Morgan fingerprint density at radius 2 is 1.80 bits per heavy atom. The zero-order valence-electron chi connectivity index (χ0n) is 12.3. The highest BCUT2D eigenvalue weighted by atomic mass is 16.5. The van der Waals surface area contributed by atoms with Gasteiger partial charge in [-0.2, -0.15) is 0 Å². The number of nitrogens with zero attached hydrogens (tertiary/aromatic N) is 1. The van der Waals surface area contributed by atoms with Crippen molar-refractivity contribution < 1.29 is 14.3 Å². The van der Waals surface area contributed by atoms with Crippen molar-refractivity contribution in [2.24, 2.45) is 0 Å². The molecule has 0 radical (unpaired) electrons. The minimum atomic E-state index is -0.585. The van der Waals surface area contributed by atoms with Crippen LogP contribution in [0.25, 0.3) is 0 Å². The van der Waals surface area contributed by atoms with Crippen LogP contribution in [-0.2, 0) is 16.1 Å². The maximum absolute atomic E-state index is 12.0. The second-order valence-electron chi connectivity index (χ2n) is 4.44. The predicted molar refractivity (Wildman–Crippen MR) is 77.2 cm³/mol. The Kier molecular flexibility index (Phi) is 6.56. The molecule has 5 heteroatoms. The molecule has 20 heavy (non-hydrogen) atoms. The third kappa shape index (κ3) is 4.91. The maximum Gasteiger partial charge on any atom is 0.408 e. The Bertz CT molecular complexity index is 430. The molecule has 2 amide bonds. The average molecular weight is 278 g/mol. The molecule has 110 valence electrons. The molecule has 0 spiro atoms. The first-order chi connectivity index (χ1) is 9.58. The predicted octanol–water partition coefficient (Wildman–Crippen LogP) is 2.17. The van der Waals surface area contributed by atoms with Crippen LogP contribution < -0.4 is 5.32 Å². The molecule has 5 nitrogen and oxygen atoms in total. The van der Waals surface area contributed by atoms with Crippen molar-refractivity contribution in [2.75, 3.05) is 13.1 Å². The molecule has 1 atom stereocenters. The van der Waals surface area contributed by atoms with E-state index in [0.717, 1.165) is 5.56 Å². The fourth-order valence-corrected chi connectivity index (χ4v) is 1.81. The summed E-state index contributed by atoms with van der Waals surface area (Å²) in [6.07, 6.45) is -0.582. The second-order valence-corrected chi connectivity index (χ2v) is 4.44. The van der Waals surface area contributed by atoms with Gasteiger partial charge in [0.15, 0.2) is 0 Å². The lowest BCUT2D eigenvalue weighted by molar-refractivity contribution is -0.132. The topological polar surface area (TPSA) is 58.6 Å². The smallest absolute Gasteiger partial charge is 0.408 e. The van der Waals surface area contributed by atoms with Gasteiger partial charge in [0.2, 0.25) is 5.91 Å². The van der Waals surface area contributed by atoms with Gasteiger partial charge in [-0.1, -0.05) is 30.3 Å². The first-order valence-corrected chi connectivity index (χ1v) is 6.84. The lowest BCUT2D eigenvalue weighted by Gasteiger charge is -2.23. The summed E-state index contributed by atoms with van der Waals surface area (Å²) in [6.45, 7) is 6.91. The van der Waals surface area contributed by atoms with Crippen molar-refractivity contribution in [1.82, 2.24) is 10.2 Å². The molecular weight excluding hydrogens is 256 g/mol. The van der Waals surface area contributed by atoms with Crippen molar-refractivity contribution in [3.8, 4) is 0 Å². The second kappa shape index (κ2) is 8.19. The summed E-state index contributed by atoms with van der Waals surface area (Å²) in [5.41, 5.74) is 0.908. The number of amides is 2. The first-order valence-electron chi connectivity index (χ1n) is 6.84. The summed E-state index contributed by atoms with van der Waals surface area (Å²) in [5, 5.41) is 2.55. The highest BCUT2D eigenvalue weighted by Crippen LogP contribution is 2.01. The molecule has 0 unspecified atom stereocenters. The van der Waals surface area contributed by atoms with Crippen molar-refractivity contribution in [2.45, 2.75) is 33.4 Å². The fraction of sp³-hybridized carbons (Fsp3) is 0.467. The van der Waals surface area contributed by atoms with Crippen molar-refractivity contribution in [3.63, 3.8) is 0 Å². The highest BCUT2D eigenvalue weighted by Gasteiger charge is 2.20. The molecule has 0 fully saturated rings. The number of nitrogens with one attached hydrogen (secondary N) is 1. The molecular formula is C15H22N2O3. The molecule has 0 aliphatic carbocycles. The number of carbonyl (C=O) groups excluding carboxylic acids is 2. The molecule has 0 aliphatic rings. The third-order valence-electron chi connectivity index (χ3n) is 2.99. The summed E-state index contributed by atoms with van der Waals surface area (Å²) < 4.78 is 5.08. The van der Waals surface area contributed by atoms with E-state index in [2.05, 4.69) is 5.32 Å². The number of hydrogen-bond donors (Lipinski definition) is 1. The molecule has 0 bridgehead atoms. The third-order valence-corrected chi connectivity index (χ3v) is 2.99. The average Bonchev–Trinajstić information content (AvgIpc) is 2.47. The van der Waals surface area contributed by atoms with Crippen molar-refractivity contribution in [1.29, 1.82) is 0 Å². The lowest BCUT2D eigenvalue weighted by Crippen LogP contribution is -2.46. The van der Waals surface area contributed by atoms with Crippen LogP contribution in [0.4, 0.5) is 4.79 Å². The number of hydrogen-bond acceptors (Lipinski definition) is 3. The van der Waals surface area contributed by atoms with Crippen LogP contribution in [0.2, 0.25) is 0 Å². The molecule has 1 aromatic rings. The van der Waals surface area contributed by atoms with Crippen LogP contribution in [0.1, 0.15) is 26.3 Å². The Hall–Kier alpha value is -2.04. The van der Waals surface area contributed by atoms with Gasteiger partial charge in [0.25, 0.3) is 0 Å². The SMILES string of the molecule is CCN(CC)C(=O)[C@H](C)NC(=O)OCc1ccccc1. The van der Waals surface area contributed by atoms with E-state index in [9.17, 15) is 9.59 Å². The summed E-state index contributed by atoms with van der Waals surface area (Å²) in [4.78, 5) is 25.3. The van der Waals surface area contributed by atoms with E-state index in [0.29, 0.717) is 13.1 Å². The van der Waals surface area contributed by atoms with Gasteiger partial charge in [-0.3, -0.25) is 4.79 Å². The molecule has 0 aromatic heterocycles. The first kappa shape index (κ1) is 16.0. The van der Waals surface area contributed by atoms with Crippen molar-refractivity contribution in [3.05, 3.63) is 35.9 Å². The van der Waals surface area contributed by atoms with Gasteiger partial charge in [0, 0.05) is 13.1 Å². The number of benzene rings is 1. The van der Waals surface area contributed by atoms with Crippen LogP contribution in [0.5, 0.6) is 0 Å². The van der Waals surface area contributed by atoms with Gasteiger partial charge in [-0.25, -0.2) is 4.79 Å². The van der Waals surface area contributed by atoms with Gasteiger partial charge in [-0.05, 0) is 26.3 Å². The van der Waals surface area contributed by atoms with Gasteiger partial charge in [-0.15, -0.1) is 0 Å². The fourth-order valence-electron chi connectivity index (χ4n) is 1.81. The van der Waals surface area contributed by atoms with Crippen LogP contribution in [0.3, 0.4) is 0 Å². The van der Waals surface area contributed by atoms with Crippen LogP contribution in [0.15, 0.2) is 30.3 Å². The Morgan fingerprint density at radius 3 is 2.35 bits per heavy atom. The standard InChI is InChI=1S/C15H22N2O3/c1-4-17(5-2)14(18)12(3)16-15(19)20-11-13-9-7-6-8-10-13/h6-10,12H,4-5,11H2,1-3H3,(H,16,19)/t12-/m0/s1. The zero-order chi connectivity index (χ0) is 15.0. The number of alkyl carbamates (subject to hydrolysis) is 1. The summed E-state index contributed by atoms with van der Waals surface area (Å²) in [6, 6.07) is 8.81. The van der Waals surface area contributed by atoms with E-state index in [1.807, 2.05) is 44.2 Å². The maximum atomic E-state index is 12.0. The van der Waals surface area contributed by atoms with E-state index < -0.39 is 12.1 Å². The Balaban J connectivity index is 2.40. The minimum absolute atomic E-state index is 0.105. The normalized spacial score (nSPS) is 11.6. The van der Waals surface area contributed by atoms with Gasteiger partial charge >= 0.3 is 6.09 Å². The van der Waals surface area contributed by atoms with Crippen molar-refractivity contribution >= 4 is 12.0 Å². The molecule has 1 N–H and O–H groups in total. The molecule has 0 heterocycles. The number of likely N-dealkylation sites (N-methyl/N-ethyl adjacent to an activating group) is 1. The number of carbonyl (C=O) groups is 2. The highest BCUT2D eigenvalue weighted by molar-refractivity contribution is 5.85. The summed E-state index contributed by atoms with van der Waals surface area (Å²) in [5.74, 6) is -0.105. The Labute approximate surface area is 119 Å². The van der Waals surface area contributed by atoms with Gasteiger partial charge in [0.1, 0.15) is 12.6 Å². The van der Waals surface area contributed by atoms with Crippen LogP contribution in [0, 0.1) is 0 Å². The van der Waals surface area contributed by atoms with Gasteiger partial charge in [0.05, 0.1) is 0 Å². The lowest BCUT2D eigenvalue weighted by atomic mass is 10.2. The van der Waals surface area contributed by atoms with Crippen LogP contribution in [-0.4, -0.2) is 36.0 Å². The summed E-state index contributed by atoms with van der Waals surface area (Å²) >= 11 is 0. The van der Waals surface area contributed by atoms with Crippen LogP contribution >= 0.6 is 0 Å². The molecule has 0 saturated carbocycles. The molecule has 1 aromatic carbocycles. The van der Waals surface area contributed by atoms with E-state index >= 15 is 0 Å². The summed E-state index contributed by atoms with van der Waals surface area (Å²) in [7, 11) is 0. The van der Waals surface area contributed by atoms with E-state index in [1.165, 1.54) is 0 Å². The zero-order valence-corrected chi connectivity index (χ0v) is 12.3. The Morgan fingerprint density at radius 1 is 1.20 bits per heavy atom. The van der Waals surface area contributed by atoms with E-state index in [-0.39, 0.29) is 12.5 Å². The quantitative estimate of drug-likeness (QED) is 0.867. The molecule has 1 rings (SSSR count).